The van der Waals surface area contributed by atoms with Crippen LogP contribution < -0.4 is 0 Å². The summed E-state index contributed by atoms with van der Waals surface area (Å²) in [7, 11) is 0. The highest BCUT2D eigenvalue weighted by Gasteiger charge is 2.31. The van der Waals surface area contributed by atoms with E-state index in [9.17, 15) is 14.4 Å². The summed E-state index contributed by atoms with van der Waals surface area (Å²) >= 11 is 6.22. The zero-order chi connectivity index (χ0) is 17.0. The van der Waals surface area contributed by atoms with Crippen LogP contribution in [0.5, 0.6) is 0 Å². The first-order valence-electron chi connectivity index (χ1n) is 6.69. The first-order valence-corrected chi connectivity index (χ1v) is 7.92. The van der Waals surface area contributed by atoms with Crippen molar-refractivity contribution < 1.29 is 24.6 Å². The number of carboxylic acids is 2. The Kier molecular flexibility index (Phi) is 5.51. The van der Waals surface area contributed by atoms with Crippen molar-refractivity contribution in [2.24, 2.45) is 0 Å². The first kappa shape index (κ1) is 17.2. The van der Waals surface area contributed by atoms with Gasteiger partial charge in [0.1, 0.15) is 4.32 Å². The number of rotatable bonds is 6. The van der Waals surface area contributed by atoms with Crippen LogP contribution in [-0.4, -0.2) is 43.8 Å². The molecule has 2 rings (SSSR count). The van der Waals surface area contributed by atoms with Crippen LogP contribution in [0.15, 0.2) is 29.2 Å². The maximum atomic E-state index is 12.3. The molecule has 0 atom stereocenters. The van der Waals surface area contributed by atoms with Gasteiger partial charge in [0, 0.05) is 13.0 Å². The van der Waals surface area contributed by atoms with Crippen molar-refractivity contribution in [2.75, 3.05) is 6.54 Å². The van der Waals surface area contributed by atoms with Crippen molar-refractivity contribution in [1.82, 2.24) is 4.90 Å². The molecule has 1 fully saturated rings. The van der Waals surface area contributed by atoms with Crippen LogP contribution in [0.1, 0.15) is 28.8 Å². The zero-order valence-corrected chi connectivity index (χ0v) is 13.5. The topological polar surface area (TPSA) is 94.9 Å². The van der Waals surface area contributed by atoms with Gasteiger partial charge in [-0.05, 0) is 24.1 Å². The lowest BCUT2D eigenvalue weighted by Gasteiger charge is -2.13. The molecule has 1 aromatic carbocycles. The van der Waals surface area contributed by atoms with Gasteiger partial charge in [0.25, 0.3) is 5.91 Å². The fraction of sp³-hybridized carbons (Fsp3) is 0.200. The molecule has 0 saturated carbocycles. The highest BCUT2D eigenvalue weighted by Crippen LogP contribution is 2.33. The van der Waals surface area contributed by atoms with Crippen molar-refractivity contribution in [3.63, 3.8) is 0 Å². The summed E-state index contributed by atoms with van der Waals surface area (Å²) < 4.78 is 0.347. The molecule has 23 heavy (non-hydrogen) atoms. The Balaban J connectivity index is 2.19. The van der Waals surface area contributed by atoms with Crippen LogP contribution in [0.3, 0.4) is 0 Å². The number of carbonyl (C=O) groups excluding carboxylic acids is 1. The van der Waals surface area contributed by atoms with Gasteiger partial charge in [-0.1, -0.05) is 42.2 Å². The van der Waals surface area contributed by atoms with E-state index in [-0.39, 0.29) is 24.4 Å². The Morgan fingerprint density at radius 3 is 2.61 bits per heavy atom. The Hall–Kier alpha value is -2.19. The number of aromatic carboxylic acids is 1. The molecule has 0 aromatic heterocycles. The normalized spacial score (nSPS) is 16.2. The van der Waals surface area contributed by atoms with Gasteiger partial charge >= 0.3 is 11.9 Å². The van der Waals surface area contributed by atoms with E-state index in [1.165, 1.54) is 17.0 Å². The average Bonchev–Trinajstić information content (AvgIpc) is 2.74. The monoisotopic (exact) mass is 351 g/mol. The number of amides is 1. The van der Waals surface area contributed by atoms with Crippen LogP contribution in [0.25, 0.3) is 6.08 Å². The maximum Gasteiger partial charge on any atom is 0.336 e. The summed E-state index contributed by atoms with van der Waals surface area (Å²) in [5.41, 5.74) is 0.523. The fourth-order valence-electron chi connectivity index (χ4n) is 2.04. The molecule has 8 heteroatoms. The average molecular weight is 351 g/mol. The van der Waals surface area contributed by atoms with Crippen LogP contribution in [0.2, 0.25) is 0 Å². The van der Waals surface area contributed by atoms with E-state index in [2.05, 4.69) is 0 Å². The minimum absolute atomic E-state index is 0.0437. The number of hydrogen-bond acceptors (Lipinski definition) is 5. The SMILES string of the molecule is O=C(O)CCCN1C(=O)/C(=C/c2ccccc2C(=O)O)SC1=S. The molecule has 0 unspecified atom stereocenters. The summed E-state index contributed by atoms with van der Waals surface area (Å²) in [6.07, 6.45) is 1.76. The summed E-state index contributed by atoms with van der Waals surface area (Å²) in [5.74, 6) is -2.33. The highest BCUT2D eigenvalue weighted by atomic mass is 32.2. The number of carboxylic acid groups (broad SMARTS) is 2. The molecular formula is C15H13NO5S2. The molecule has 6 nitrogen and oxygen atoms in total. The highest BCUT2D eigenvalue weighted by molar-refractivity contribution is 8.26. The summed E-state index contributed by atoms with van der Waals surface area (Å²) in [5, 5.41) is 17.8. The molecule has 0 aliphatic carbocycles. The third-order valence-corrected chi connectivity index (χ3v) is 4.50. The van der Waals surface area contributed by atoms with E-state index >= 15 is 0 Å². The van der Waals surface area contributed by atoms with E-state index in [1.54, 1.807) is 18.2 Å². The molecule has 1 aliphatic heterocycles. The third kappa shape index (κ3) is 4.17. The van der Waals surface area contributed by atoms with E-state index in [4.69, 9.17) is 22.4 Å². The van der Waals surface area contributed by atoms with Crippen LogP contribution in [-0.2, 0) is 9.59 Å². The van der Waals surface area contributed by atoms with Gasteiger partial charge in [-0.25, -0.2) is 4.79 Å². The van der Waals surface area contributed by atoms with Gasteiger partial charge in [0.15, 0.2) is 0 Å². The minimum Gasteiger partial charge on any atom is -0.481 e. The lowest BCUT2D eigenvalue weighted by molar-refractivity contribution is -0.137. The number of thiocarbonyl (C=S) groups is 1. The summed E-state index contributed by atoms with van der Waals surface area (Å²) in [6, 6.07) is 6.37. The van der Waals surface area contributed by atoms with Gasteiger partial charge in [0.2, 0.25) is 0 Å². The second-order valence-corrected chi connectivity index (χ2v) is 6.40. The molecule has 0 radical (unpaired) electrons. The number of carbonyl (C=O) groups is 3. The minimum atomic E-state index is -1.08. The van der Waals surface area contributed by atoms with E-state index in [0.29, 0.717) is 21.2 Å². The van der Waals surface area contributed by atoms with E-state index in [0.717, 1.165) is 11.8 Å². The van der Waals surface area contributed by atoms with Crippen molar-refractivity contribution in [1.29, 1.82) is 0 Å². The lowest BCUT2D eigenvalue weighted by atomic mass is 10.1. The Morgan fingerprint density at radius 1 is 1.26 bits per heavy atom. The molecular weight excluding hydrogens is 338 g/mol. The zero-order valence-electron chi connectivity index (χ0n) is 11.9. The largest absolute Gasteiger partial charge is 0.481 e. The summed E-state index contributed by atoms with van der Waals surface area (Å²) in [4.78, 5) is 35.7. The van der Waals surface area contributed by atoms with Gasteiger partial charge in [-0.3, -0.25) is 14.5 Å². The maximum absolute atomic E-state index is 12.3. The predicted octanol–water partition coefficient (Wildman–Crippen LogP) is 2.45. The lowest BCUT2D eigenvalue weighted by Crippen LogP contribution is -2.29. The number of nitrogens with zero attached hydrogens (tertiary/aromatic N) is 1. The van der Waals surface area contributed by atoms with Gasteiger partial charge in [0.05, 0.1) is 10.5 Å². The molecule has 0 spiro atoms. The standard InChI is InChI=1S/C15H13NO5S2/c17-12(18)6-3-7-16-13(19)11(23-15(16)22)8-9-4-1-2-5-10(9)14(20)21/h1-2,4-5,8H,3,6-7H2,(H,17,18)(H,20,21)/b11-8-. The number of thioether (sulfide) groups is 1. The van der Waals surface area contributed by atoms with Crippen molar-refractivity contribution in [3.8, 4) is 0 Å². The molecule has 1 amide bonds. The Labute approximate surface area is 141 Å². The Morgan fingerprint density at radius 2 is 1.96 bits per heavy atom. The van der Waals surface area contributed by atoms with Gasteiger partial charge in [-0.15, -0.1) is 0 Å². The quantitative estimate of drug-likeness (QED) is 0.600. The van der Waals surface area contributed by atoms with Crippen molar-refractivity contribution in [2.45, 2.75) is 12.8 Å². The van der Waals surface area contributed by atoms with Gasteiger partial charge in [-0.2, -0.15) is 0 Å². The van der Waals surface area contributed by atoms with Crippen LogP contribution in [0, 0.1) is 0 Å². The molecule has 0 bridgehead atoms. The molecule has 1 aromatic rings. The second kappa shape index (κ2) is 7.38. The molecule has 120 valence electrons. The van der Waals surface area contributed by atoms with Crippen LogP contribution >= 0.6 is 24.0 Å². The molecule has 1 aliphatic rings. The van der Waals surface area contributed by atoms with Gasteiger partial charge < -0.3 is 10.2 Å². The smallest absolute Gasteiger partial charge is 0.336 e. The predicted molar refractivity (Wildman–Crippen MR) is 90.2 cm³/mol. The Bertz CT molecular complexity index is 714. The molecule has 2 N–H and O–H groups in total. The first-order chi connectivity index (χ1) is 10.9. The number of hydrogen-bond donors (Lipinski definition) is 2. The van der Waals surface area contributed by atoms with Crippen LogP contribution in [0.4, 0.5) is 0 Å². The van der Waals surface area contributed by atoms with Crippen molar-refractivity contribution in [3.05, 3.63) is 40.3 Å². The van der Waals surface area contributed by atoms with E-state index in [1.807, 2.05) is 0 Å². The fourth-order valence-corrected chi connectivity index (χ4v) is 3.34. The summed E-state index contributed by atoms with van der Waals surface area (Å²) in [6.45, 7) is 0.231. The number of aliphatic carboxylic acids is 1. The second-order valence-electron chi connectivity index (χ2n) is 4.72. The third-order valence-electron chi connectivity index (χ3n) is 3.12. The number of benzene rings is 1. The molecule has 1 saturated heterocycles. The van der Waals surface area contributed by atoms with E-state index < -0.39 is 11.9 Å². The molecule has 1 heterocycles. The van der Waals surface area contributed by atoms with Crippen molar-refractivity contribution >= 4 is 52.2 Å².